The van der Waals surface area contributed by atoms with Gasteiger partial charge >= 0.3 is 0 Å². The van der Waals surface area contributed by atoms with E-state index >= 15 is 0 Å². The molecule has 19 heavy (non-hydrogen) atoms. The van der Waals surface area contributed by atoms with Crippen molar-refractivity contribution in [3.05, 3.63) is 36.1 Å². The van der Waals surface area contributed by atoms with E-state index in [9.17, 15) is 0 Å². The first-order chi connectivity index (χ1) is 9.30. The Morgan fingerprint density at radius 3 is 2.68 bits per heavy atom. The molecule has 104 valence electrons. The first kappa shape index (κ1) is 14.1. The van der Waals surface area contributed by atoms with Gasteiger partial charge in [-0.05, 0) is 25.1 Å². The Kier molecular flexibility index (Phi) is 5.00. The van der Waals surface area contributed by atoms with Crippen LogP contribution in [0.25, 0.3) is 11.0 Å². The number of furan rings is 1. The summed E-state index contributed by atoms with van der Waals surface area (Å²) >= 11 is 0. The molecule has 2 rings (SSSR count). The van der Waals surface area contributed by atoms with E-state index in [-0.39, 0.29) is 12.1 Å². The maximum atomic E-state index is 5.97. The second-order valence-corrected chi connectivity index (χ2v) is 4.78. The third-order valence-electron chi connectivity index (χ3n) is 3.42. The SMILES string of the molecule is CCCC(OC)C(NCC)c1cc2ccccc2o1. The van der Waals surface area contributed by atoms with E-state index in [0.29, 0.717) is 0 Å². The normalized spacial score (nSPS) is 14.7. The van der Waals surface area contributed by atoms with Crippen LogP contribution >= 0.6 is 0 Å². The summed E-state index contributed by atoms with van der Waals surface area (Å²) in [4.78, 5) is 0. The minimum absolute atomic E-state index is 0.113. The lowest BCUT2D eigenvalue weighted by Crippen LogP contribution is -2.32. The van der Waals surface area contributed by atoms with Gasteiger partial charge in [-0.1, -0.05) is 38.5 Å². The van der Waals surface area contributed by atoms with E-state index in [2.05, 4.69) is 31.3 Å². The molecule has 2 unspecified atom stereocenters. The van der Waals surface area contributed by atoms with E-state index in [0.717, 1.165) is 36.1 Å². The number of nitrogens with one attached hydrogen (secondary N) is 1. The molecule has 1 heterocycles. The molecule has 0 bridgehead atoms. The molecular weight excluding hydrogens is 238 g/mol. The van der Waals surface area contributed by atoms with Gasteiger partial charge in [0.05, 0.1) is 12.1 Å². The zero-order valence-electron chi connectivity index (χ0n) is 12.0. The van der Waals surface area contributed by atoms with E-state index in [1.54, 1.807) is 7.11 Å². The van der Waals surface area contributed by atoms with Crippen LogP contribution in [0.4, 0.5) is 0 Å². The summed E-state index contributed by atoms with van der Waals surface area (Å²) in [5, 5.41) is 4.62. The van der Waals surface area contributed by atoms with Crippen molar-refractivity contribution in [2.75, 3.05) is 13.7 Å². The lowest BCUT2D eigenvalue weighted by Gasteiger charge is -2.24. The second kappa shape index (κ2) is 6.73. The highest BCUT2D eigenvalue weighted by Crippen LogP contribution is 2.28. The highest BCUT2D eigenvalue weighted by Gasteiger charge is 2.24. The van der Waals surface area contributed by atoms with E-state index < -0.39 is 0 Å². The van der Waals surface area contributed by atoms with Crippen molar-refractivity contribution in [1.29, 1.82) is 0 Å². The lowest BCUT2D eigenvalue weighted by molar-refractivity contribution is 0.0547. The van der Waals surface area contributed by atoms with Crippen molar-refractivity contribution in [3.8, 4) is 0 Å². The number of para-hydroxylation sites is 1. The molecule has 0 radical (unpaired) electrons. The summed E-state index contributed by atoms with van der Waals surface area (Å²) in [7, 11) is 1.77. The van der Waals surface area contributed by atoms with Gasteiger partial charge in [0, 0.05) is 12.5 Å². The monoisotopic (exact) mass is 261 g/mol. The maximum Gasteiger partial charge on any atom is 0.134 e. The van der Waals surface area contributed by atoms with Gasteiger partial charge < -0.3 is 14.5 Å². The quantitative estimate of drug-likeness (QED) is 0.821. The predicted octanol–water partition coefficient (Wildman–Crippen LogP) is 3.90. The first-order valence-electron chi connectivity index (χ1n) is 7.04. The molecule has 0 saturated carbocycles. The van der Waals surface area contributed by atoms with Gasteiger partial charge in [0.2, 0.25) is 0 Å². The topological polar surface area (TPSA) is 34.4 Å². The molecular formula is C16H23NO2. The summed E-state index contributed by atoms with van der Waals surface area (Å²) in [5.41, 5.74) is 0.937. The summed E-state index contributed by atoms with van der Waals surface area (Å²) < 4.78 is 11.6. The van der Waals surface area contributed by atoms with E-state index in [4.69, 9.17) is 9.15 Å². The molecule has 1 aromatic heterocycles. The molecule has 1 aromatic carbocycles. The van der Waals surface area contributed by atoms with Gasteiger partial charge in [0.25, 0.3) is 0 Å². The number of hydrogen-bond acceptors (Lipinski definition) is 3. The average molecular weight is 261 g/mol. The van der Waals surface area contributed by atoms with Crippen LogP contribution in [0.3, 0.4) is 0 Å². The Hall–Kier alpha value is -1.32. The van der Waals surface area contributed by atoms with Crippen molar-refractivity contribution in [1.82, 2.24) is 5.32 Å². The predicted molar refractivity (Wildman–Crippen MR) is 78.3 cm³/mol. The van der Waals surface area contributed by atoms with Gasteiger partial charge in [-0.15, -0.1) is 0 Å². The molecule has 2 aromatic rings. The van der Waals surface area contributed by atoms with Gasteiger partial charge in [-0.3, -0.25) is 0 Å². The smallest absolute Gasteiger partial charge is 0.134 e. The number of fused-ring (bicyclic) bond motifs is 1. The van der Waals surface area contributed by atoms with Crippen LogP contribution in [0.2, 0.25) is 0 Å². The van der Waals surface area contributed by atoms with Crippen LogP contribution in [0, 0.1) is 0 Å². The number of methoxy groups -OCH3 is 1. The zero-order valence-corrected chi connectivity index (χ0v) is 12.0. The summed E-state index contributed by atoms with van der Waals surface area (Å²) in [6, 6.07) is 10.3. The number of rotatable bonds is 7. The molecule has 0 aliphatic carbocycles. The van der Waals surface area contributed by atoms with Gasteiger partial charge in [-0.25, -0.2) is 0 Å². The van der Waals surface area contributed by atoms with Crippen LogP contribution in [0.1, 0.15) is 38.5 Å². The highest BCUT2D eigenvalue weighted by molar-refractivity contribution is 5.77. The molecule has 1 N–H and O–H groups in total. The fraction of sp³-hybridized carbons (Fsp3) is 0.500. The number of hydrogen-bond donors (Lipinski definition) is 1. The lowest BCUT2D eigenvalue weighted by atomic mass is 10.0. The van der Waals surface area contributed by atoms with Gasteiger partial charge in [0.15, 0.2) is 0 Å². The van der Waals surface area contributed by atoms with Crippen molar-refractivity contribution in [3.63, 3.8) is 0 Å². The Morgan fingerprint density at radius 1 is 1.26 bits per heavy atom. The largest absolute Gasteiger partial charge is 0.459 e. The minimum atomic E-state index is 0.113. The third kappa shape index (κ3) is 3.17. The third-order valence-corrected chi connectivity index (χ3v) is 3.42. The Bertz CT molecular complexity index is 473. The van der Waals surface area contributed by atoms with Gasteiger partial charge in [-0.2, -0.15) is 0 Å². The average Bonchev–Trinajstić information content (AvgIpc) is 2.86. The van der Waals surface area contributed by atoms with E-state index in [1.165, 1.54) is 0 Å². The van der Waals surface area contributed by atoms with E-state index in [1.807, 2.05) is 18.2 Å². The second-order valence-electron chi connectivity index (χ2n) is 4.78. The maximum absolute atomic E-state index is 5.97. The minimum Gasteiger partial charge on any atom is -0.459 e. The fourth-order valence-electron chi connectivity index (χ4n) is 2.50. The first-order valence-corrected chi connectivity index (χ1v) is 7.04. The Balaban J connectivity index is 2.31. The van der Waals surface area contributed by atoms with Crippen molar-refractivity contribution < 1.29 is 9.15 Å². The van der Waals surface area contributed by atoms with Crippen molar-refractivity contribution >= 4 is 11.0 Å². The van der Waals surface area contributed by atoms with Crippen LogP contribution < -0.4 is 5.32 Å². The van der Waals surface area contributed by atoms with Crippen LogP contribution in [0.15, 0.2) is 34.7 Å². The molecule has 0 saturated heterocycles. The Labute approximate surface area is 114 Å². The molecule has 0 aliphatic rings. The molecule has 3 nitrogen and oxygen atoms in total. The van der Waals surface area contributed by atoms with Gasteiger partial charge in [0.1, 0.15) is 11.3 Å². The summed E-state index contributed by atoms with van der Waals surface area (Å²) in [6.45, 7) is 5.17. The summed E-state index contributed by atoms with van der Waals surface area (Å²) in [5.74, 6) is 0.961. The molecule has 3 heteroatoms. The molecule has 0 fully saturated rings. The standard InChI is InChI=1S/C16H23NO2/c1-4-8-14(18-3)16(17-5-2)15-11-12-9-6-7-10-13(12)19-15/h6-7,9-11,14,16-17H,4-5,8H2,1-3H3. The van der Waals surface area contributed by atoms with Crippen LogP contribution in [-0.4, -0.2) is 19.8 Å². The number of ether oxygens (including phenoxy) is 1. The zero-order chi connectivity index (χ0) is 13.7. The molecule has 0 spiro atoms. The van der Waals surface area contributed by atoms with Crippen molar-refractivity contribution in [2.24, 2.45) is 0 Å². The van der Waals surface area contributed by atoms with Crippen molar-refractivity contribution in [2.45, 2.75) is 38.8 Å². The molecule has 0 amide bonds. The Morgan fingerprint density at radius 2 is 2.05 bits per heavy atom. The molecule has 0 aliphatic heterocycles. The van der Waals surface area contributed by atoms with Crippen LogP contribution in [0.5, 0.6) is 0 Å². The molecule has 2 atom stereocenters. The number of likely N-dealkylation sites (N-methyl/N-ethyl adjacent to an activating group) is 1. The number of benzene rings is 1. The van der Waals surface area contributed by atoms with Crippen LogP contribution in [-0.2, 0) is 4.74 Å². The summed E-state index contributed by atoms with van der Waals surface area (Å²) in [6.07, 6.45) is 2.26. The highest BCUT2D eigenvalue weighted by atomic mass is 16.5. The fourth-order valence-corrected chi connectivity index (χ4v) is 2.50.